The number of halogens is 4. The highest BCUT2D eigenvalue weighted by molar-refractivity contribution is 7.89. The van der Waals surface area contributed by atoms with E-state index in [4.69, 9.17) is 5.73 Å². The molecule has 3 aromatic carbocycles. The number of sulfonamides is 1. The number of nitrogens with two attached hydrogens (primary N) is 1. The molecule has 0 radical (unpaired) electrons. The van der Waals surface area contributed by atoms with Gasteiger partial charge < -0.3 is 5.73 Å². The van der Waals surface area contributed by atoms with Crippen LogP contribution in [0.1, 0.15) is 11.6 Å². The third-order valence-corrected chi connectivity index (χ3v) is 6.65. The van der Waals surface area contributed by atoms with Gasteiger partial charge in [-0.05, 0) is 23.3 Å². The fourth-order valence-corrected chi connectivity index (χ4v) is 4.96. The number of hydrogen-bond donors (Lipinski definition) is 2. The monoisotopic (exact) mass is 536 g/mol. The van der Waals surface area contributed by atoms with Crippen LogP contribution in [0.25, 0.3) is 22.3 Å². The van der Waals surface area contributed by atoms with Crippen molar-refractivity contribution >= 4 is 29.5 Å². The van der Waals surface area contributed by atoms with E-state index in [0.29, 0.717) is 5.56 Å². The summed E-state index contributed by atoms with van der Waals surface area (Å²) in [6, 6.07) is 13.6. The maximum atomic E-state index is 14.9. The molecule has 12 heteroatoms. The van der Waals surface area contributed by atoms with Crippen molar-refractivity contribution < 1.29 is 26.0 Å². The minimum absolute atomic E-state index is 0. The van der Waals surface area contributed by atoms with Gasteiger partial charge in [0.05, 0.1) is 4.90 Å². The molecule has 0 bridgehead atoms. The number of anilines is 1. The molecule has 188 valence electrons. The van der Waals surface area contributed by atoms with E-state index >= 15 is 0 Å². The molecule has 0 saturated carbocycles. The van der Waals surface area contributed by atoms with Crippen LogP contribution in [0.15, 0.2) is 90.1 Å². The number of nitrogen functional groups attached to an aromatic ring is 1. The molecule has 0 saturated heterocycles. The number of hydrogen-bond acceptors (Lipinski definition) is 5. The van der Waals surface area contributed by atoms with Gasteiger partial charge in [0.1, 0.15) is 11.9 Å². The summed E-state index contributed by atoms with van der Waals surface area (Å²) in [5, 5.41) is 0. The molecule has 4 rings (SSSR count). The van der Waals surface area contributed by atoms with E-state index in [-0.39, 0.29) is 41.7 Å². The minimum Gasteiger partial charge on any atom is -0.368 e. The quantitative estimate of drug-likeness (QED) is 0.329. The largest absolute Gasteiger partial charge is 0.408 e. The van der Waals surface area contributed by atoms with Crippen LogP contribution >= 0.6 is 13.5 Å². The van der Waals surface area contributed by atoms with Gasteiger partial charge in [0, 0.05) is 29.1 Å². The molecule has 0 amide bonds. The van der Waals surface area contributed by atoms with Crippen LogP contribution in [0.3, 0.4) is 0 Å². The topological polar surface area (TPSA) is 98.0 Å². The summed E-state index contributed by atoms with van der Waals surface area (Å²) in [7, 11) is -4.68. The predicted molar refractivity (Wildman–Crippen MR) is 133 cm³/mol. The number of nitrogens with zero attached hydrogens (tertiary/aromatic N) is 2. The number of benzene rings is 3. The van der Waals surface area contributed by atoms with Crippen LogP contribution in [0.4, 0.5) is 23.5 Å². The van der Waals surface area contributed by atoms with Crippen LogP contribution in [-0.2, 0) is 10.0 Å². The lowest BCUT2D eigenvalue weighted by Gasteiger charge is -2.23. The van der Waals surface area contributed by atoms with Gasteiger partial charge >= 0.3 is 6.18 Å². The fraction of sp³-hybridized carbons (Fsp3) is 0.0833. The Morgan fingerprint density at radius 3 is 2.06 bits per heavy atom. The van der Waals surface area contributed by atoms with Gasteiger partial charge in [-0.1, -0.05) is 60.7 Å². The summed E-state index contributed by atoms with van der Waals surface area (Å²) in [5.74, 6) is -0.682. The SMILES string of the molecule is Nc1ncc(-c2ccc(-c3ccccc3S(=O)(=O)N[C@@H](c3ccccc3)C(F)(F)F)cc2F)cn1.S. The number of nitrogens with one attached hydrogen (secondary N) is 1. The van der Waals surface area contributed by atoms with Gasteiger partial charge in [0.25, 0.3) is 0 Å². The molecule has 0 unspecified atom stereocenters. The molecule has 1 heterocycles. The molecule has 0 aliphatic heterocycles. The highest BCUT2D eigenvalue weighted by atomic mass is 32.2. The summed E-state index contributed by atoms with van der Waals surface area (Å²) in [4.78, 5) is 7.21. The van der Waals surface area contributed by atoms with Crippen molar-refractivity contribution in [2.75, 3.05) is 5.73 Å². The molecule has 0 fully saturated rings. The first-order valence-corrected chi connectivity index (χ1v) is 11.7. The molecule has 4 aromatic rings. The van der Waals surface area contributed by atoms with Crippen LogP contribution in [0.5, 0.6) is 0 Å². The Hall–Kier alpha value is -3.48. The summed E-state index contributed by atoms with van der Waals surface area (Å²) in [6.07, 6.45) is -2.22. The van der Waals surface area contributed by atoms with Gasteiger partial charge in [-0.15, -0.1) is 0 Å². The van der Waals surface area contributed by atoms with Crippen molar-refractivity contribution in [3.05, 3.63) is 96.6 Å². The lowest BCUT2D eigenvalue weighted by Crippen LogP contribution is -2.38. The highest BCUT2D eigenvalue weighted by Crippen LogP contribution is 2.36. The average molecular weight is 537 g/mol. The van der Waals surface area contributed by atoms with Crippen LogP contribution in [-0.4, -0.2) is 24.6 Å². The smallest absolute Gasteiger partial charge is 0.368 e. The lowest BCUT2D eigenvalue weighted by molar-refractivity contribution is -0.153. The van der Waals surface area contributed by atoms with Gasteiger partial charge in [-0.3, -0.25) is 0 Å². The summed E-state index contributed by atoms with van der Waals surface area (Å²) < 4.78 is 84.2. The van der Waals surface area contributed by atoms with Crippen LogP contribution in [0.2, 0.25) is 0 Å². The second-order valence-electron chi connectivity index (χ2n) is 7.53. The molecule has 0 spiro atoms. The maximum absolute atomic E-state index is 14.9. The fourth-order valence-electron chi connectivity index (χ4n) is 3.52. The minimum atomic E-state index is -4.89. The molecule has 3 N–H and O–H groups in total. The van der Waals surface area contributed by atoms with Crippen molar-refractivity contribution in [2.24, 2.45) is 0 Å². The first-order valence-electron chi connectivity index (χ1n) is 10.2. The van der Waals surface area contributed by atoms with Crippen LogP contribution < -0.4 is 10.5 Å². The van der Waals surface area contributed by atoms with Gasteiger partial charge in [0.2, 0.25) is 16.0 Å². The second-order valence-corrected chi connectivity index (χ2v) is 9.21. The van der Waals surface area contributed by atoms with E-state index in [1.54, 1.807) is 4.72 Å². The van der Waals surface area contributed by atoms with E-state index < -0.39 is 33.0 Å². The maximum Gasteiger partial charge on any atom is 0.408 e. The van der Waals surface area contributed by atoms with Crippen molar-refractivity contribution in [2.45, 2.75) is 17.1 Å². The summed E-state index contributed by atoms with van der Waals surface area (Å²) >= 11 is 0. The lowest BCUT2D eigenvalue weighted by atomic mass is 10.0. The van der Waals surface area contributed by atoms with E-state index in [9.17, 15) is 26.0 Å². The predicted octanol–water partition coefficient (Wildman–Crippen LogP) is 5.23. The molecule has 36 heavy (non-hydrogen) atoms. The van der Waals surface area contributed by atoms with Crippen molar-refractivity contribution in [1.29, 1.82) is 0 Å². The molecular weight excluding hydrogens is 516 g/mol. The Morgan fingerprint density at radius 1 is 0.833 bits per heavy atom. The van der Waals surface area contributed by atoms with E-state index in [1.165, 1.54) is 73.1 Å². The second kappa shape index (κ2) is 10.6. The molecule has 0 aliphatic carbocycles. The number of alkyl halides is 3. The first kappa shape index (κ1) is 27.1. The molecule has 1 atom stereocenters. The Kier molecular flexibility index (Phi) is 8.02. The standard InChI is InChI=1S/C24H18F4N4O2S.H2S/c25-20-12-16(10-11-18(20)17-13-30-23(29)31-14-17)19-8-4-5-9-21(19)35(33,34)32-22(24(26,27)28)15-6-2-1-3-7-15;/h1-14,22,32H,(H2,29,30,31);1H2/t22-;/m0./s1. The Labute approximate surface area is 211 Å². The van der Waals surface area contributed by atoms with E-state index in [0.717, 1.165) is 12.1 Å². The zero-order valence-corrected chi connectivity index (χ0v) is 20.2. The van der Waals surface area contributed by atoms with Crippen LogP contribution in [0, 0.1) is 5.82 Å². The van der Waals surface area contributed by atoms with Gasteiger partial charge in [-0.2, -0.15) is 31.4 Å². The Bertz CT molecular complexity index is 1450. The van der Waals surface area contributed by atoms with E-state index in [2.05, 4.69) is 9.97 Å². The van der Waals surface area contributed by atoms with Gasteiger partial charge in [0.15, 0.2) is 0 Å². The van der Waals surface area contributed by atoms with Gasteiger partial charge in [-0.25, -0.2) is 22.8 Å². The third kappa shape index (κ3) is 5.83. The average Bonchev–Trinajstić information content (AvgIpc) is 2.83. The molecule has 0 aliphatic rings. The summed E-state index contributed by atoms with van der Waals surface area (Å²) in [5.41, 5.74) is 5.88. The molecule has 6 nitrogen and oxygen atoms in total. The normalized spacial score (nSPS) is 12.6. The zero-order valence-electron chi connectivity index (χ0n) is 18.4. The number of rotatable bonds is 6. The number of aromatic nitrogens is 2. The highest BCUT2D eigenvalue weighted by Gasteiger charge is 2.43. The Morgan fingerprint density at radius 2 is 1.44 bits per heavy atom. The third-order valence-electron chi connectivity index (χ3n) is 5.17. The molecule has 1 aromatic heterocycles. The first-order chi connectivity index (χ1) is 16.6. The summed E-state index contributed by atoms with van der Waals surface area (Å²) in [6.45, 7) is 0. The van der Waals surface area contributed by atoms with E-state index in [1.807, 2.05) is 0 Å². The van der Waals surface area contributed by atoms with Crippen molar-refractivity contribution in [3.63, 3.8) is 0 Å². The van der Waals surface area contributed by atoms with Crippen molar-refractivity contribution in [1.82, 2.24) is 14.7 Å². The zero-order chi connectivity index (χ0) is 25.2. The van der Waals surface area contributed by atoms with Crippen molar-refractivity contribution in [3.8, 4) is 22.3 Å². The molecular formula is C24H20F4N4O2S2. The Balaban J connectivity index is 0.00000361.